The van der Waals surface area contributed by atoms with E-state index in [9.17, 15) is 23.8 Å². The average Bonchev–Trinajstić information content (AvgIpc) is 2.97. The molecule has 1 saturated heterocycles. The summed E-state index contributed by atoms with van der Waals surface area (Å²) < 4.78 is 40.7. The summed E-state index contributed by atoms with van der Waals surface area (Å²) in [6, 6.07) is 9.82. The van der Waals surface area contributed by atoms with Crippen LogP contribution in [0.2, 0.25) is 0 Å². The molecule has 1 aliphatic rings. The van der Waals surface area contributed by atoms with Gasteiger partial charge < -0.3 is 24.6 Å². The number of aliphatic hydroxyl groups is 2. The highest BCUT2D eigenvalue weighted by Gasteiger charge is 2.36. The molecule has 2 aromatic carbocycles. The Morgan fingerprint density at radius 3 is 2.40 bits per heavy atom. The first-order valence-corrected chi connectivity index (χ1v) is 14.6. The summed E-state index contributed by atoms with van der Waals surface area (Å²) in [5.74, 6) is -1.19. The summed E-state index contributed by atoms with van der Waals surface area (Å²) in [6.45, 7) is 8.52. The van der Waals surface area contributed by atoms with Crippen LogP contribution in [-0.4, -0.2) is 70.0 Å². The maximum absolute atomic E-state index is 14.1. The lowest BCUT2D eigenvalue weighted by Crippen LogP contribution is -2.40. The van der Waals surface area contributed by atoms with Crippen LogP contribution in [0.3, 0.4) is 0 Å². The predicted octanol–water partition coefficient (Wildman–Crippen LogP) is 4.43. The van der Waals surface area contributed by atoms with Crippen molar-refractivity contribution in [3.05, 3.63) is 93.6 Å². The Morgan fingerprint density at radius 2 is 1.77 bits per heavy atom. The molecule has 1 amide bonds. The van der Waals surface area contributed by atoms with Crippen LogP contribution in [0.15, 0.2) is 42.6 Å². The van der Waals surface area contributed by atoms with Crippen molar-refractivity contribution >= 4 is 5.91 Å². The monoisotopic (exact) mass is 597 g/mol. The number of rotatable bonds is 12. The molecule has 43 heavy (non-hydrogen) atoms. The molecule has 2 N–H and O–H groups in total. The van der Waals surface area contributed by atoms with E-state index in [1.54, 1.807) is 11.1 Å². The number of piperidine rings is 1. The molecule has 2 unspecified atom stereocenters. The van der Waals surface area contributed by atoms with Crippen molar-refractivity contribution in [3.8, 4) is 0 Å². The Kier molecular flexibility index (Phi) is 10.9. The lowest BCUT2D eigenvalue weighted by atomic mass is 9.85. The van der Waals surface area contributed by atoms with Crippen molar-refractivity contribution < 1.29 is 33.3 Å². The Labute approximate surface area is 251 Å². The third kappa shape index (κ3) is 8.41. The zero-order chi connectivity index (χ0) is 31.1. The fourth-order valence-corrected chi connectivity index (χ4v) is 5.61. The van der Waals surface area contributed by atoms with Crippen LogP contribution >= 0.6 is 0 Å². The van der Waals surface area contributed by atoms with E-state index in [1.165, 1.54) is 6.07 Å². The molecule has 0 saturated carbocycles. The Morgan fingerprint density at radius 1 is 1.12 bits per heavy atom. The van der Waals surface area contributed by atoms with Gasteiger partial charge in [-0.05, 0) is 58.2 Å². The molecule has 0 radical (unpaired) electrons. The molecule has 1 fully saturated rings. The molecule has 0 aliphatic carbocycles. The van der Waals surface area contributed by atoms with E-state index in [4.69, 9.17) is 14.5 Å². The molecule has 2 atom stereocenters. The van der Waals surface area contributed by atoms with Crippen LogP contribution < -0.4 is 0 Å². The number of likely N-dealkylation sites (tertiary alicyclic amines) is 1. The molecule has 2 heterocycles. The van der Waals surface area contributed by atoms with Gasteiger partial charge in [0.25, 0.3) is 0 Å². The fraction of sp³-hybridized carbons (Fsp3) is 0.485. The molecular weight excluding hydrogens is 556 g/mol. The molecule has 1 aliphatic heterocycles. The summed E-state index contributed by atoms with van der Waals surface area (Å²) in [5.41, 5.74) is 3.60. The first-order valence-electron chi connectivity index (χ1n) is 14.6. The van der Waals surface area contributed by atoms with Gasteiger partial charge in [-0.25, -0.2) is 18.7 Å². The second-order valence-corrected chi connectivity index (χ2v) is 11.6. The van der Waals surface area contributed by atoms with Crippen LogP contribution in [-0.2, 0) is 32.9 Å². The number of ether oxygens (including phenoxy) is 2. The van der Waals surface area contributed by atoms with Crippen molar-refractivity contribution in [2.75, 3.05) is 32.9 Å². The number of hydrogen-bond acceptors (Lipinski definition) is 7. The second kappa shape index (κ2) is 14.4. The van der Waals surface area contributed by atoms with E-state index in [-0.39, 0.29) is 37.0 Å². The largest absolute Gasteiger partial charge is 0.394 e. The first-order chi connectivity index (χ1) is 20.5. The summed E-state index contributed by atoms with van der Waals surface area (Å²) in [4.78, 5) is 23.9. The van der Waals surface area contributed by atoms with E-state index < -0.39 is 29.9 Å². The highest BCUT2D eigenvalue weighted by molar-refractivity contribution is 5.79. The summed E-state index contributed by atoms with van der Waals surface area (Å²) in [5, 5.41) is 19.1. The molecular formula is C33H41F2N3O5. The van der Waals surface area contributed by atoms with Gasteiger partial charge >= 0.3 is 0 Å². The minimum absolute atomic E-state index is 0.0156. The first kappa shape index (κ1) is 32.6. The van der Waals surface area contributed by atoms with Gasteiger partial charge in [0.2, 0.25) is 5.91 Å². The minimum atomic E-state index is -1.02. The third-order valence-electron chi connectivity index (χ3n) is 7.87. The van der Waals surface area contributed by atoms with Gasteiger partial charge in [-0.2, -0.15) is 0 Å². The normalized spacial score (nSPS) is 16.2. The van der Waals surface area contributed by atoms with Crippen LogP contribution in [0.1, 0.15) is 65.0 Å². The molecule has 3 aromatic rings. The number of benzene rings is 2. The van der Waals surface area contributed by atoms with Gasteiger partial charge in [-0.15, -0.1) is 0 Å². The number of aliphatic hydroxyl groups excluding tert-OH is 2. The fourth-order valence-electron chi connectivity index (χ4n) is 5.61. The smallest absolute Gasteiger partial charge is 0.227 e. The topological polar surface area (TPSA) is 105 Å². The van der Waals surface area contributed by atoms with Gasteiger partial charge in [0, 0.05) is 36.3 Å². The van der Waals surface area contributed by atoms with Crippen molar-refractivity contribution in [2.24, 2.45) is 0 Å². The number of halogens is 2. The number of nitrogens with zero attached hydrogens (tertiary/aromatic N) is 3. The number of carbonyl (C=O) groups is 1. The number of aryl methyl sites for hydroxylation is 3. The SMILES string of the molecule is Cc1cc(C)cc(COC(C)(COCC(O)CO)c2cnc(C)nc2C2CCN(C(=O)Cc3c(F)cccc3F)CC2)c1. The Balaban J connectivity index is 1.54. The van der Waals surface area contributed by atoms with Crippen molar-refractivity contribution in [1.29, 1.82) is 0 Å². The van der Waals surface area contributed by atoms with Crippen molar-refractivity contribution in [1.82, 2.24) is 14.9 Å². The van der Waals surface area contributed by atoms with Gasteiger partial charge in [-0.1, -0.05) is 35.4 Å². The maximum Gasteiger partial charge on any atom is 0.227 e. The summed E-state index contributed by atoms with van der Waals surface area (Å²) in [7, 11) is 0. The lowest BCUT2D eigenvalue weighted by molar-refractivity contribution is -0.131. The molecule has 232 valence electrons. The molecule has 1 aromatic heterocycles. The second-order valence-electron chi connectivity index (χ2n) is 11.6. The third-order valence-corrected chi connectivity index (χ3v) is 7.87. The van der Waals surface area contributed by atoms with Gasteiger partial charge in [0.15, 0.2) is 0 Å². The van der Waals surface area contributed by atoms with Crippen LogP contribution in [0.5, 0.6) is 0 Å². The maximum atomic E-state index is 14.1. The number of hydrogen-bond donors (Lipinski definition) is 2. The standard InChI is InChI=1S/C33H41F2N3O5/c1-21-12-22(2)14-24(13-21)18-43-33(4,20-42-19-26(40)17-39)28-16-36-23(3)37-32(28)25-8-10-38(11-9-25)31(41)15-27-29(34)6-5-7-30(27)35/h5-7,12-14,16,25-26,39-40H,8-11,15,17-20H2,1-4H3. The molecule has 0 spiro atoms. The van der Waals surface area contributed by atoms with Crippen molar-refractivity contribution in [3.63, 3.8) is 0 Å². The zero-order valence-corrected chi connectivity index (χ0v) is 25.3. The van der Waals surface area contributed by atoms with E-state index >= 15 is 0 Å². The van der Waals surface area contributed by atoms with E-state index in [0.29, 0.717) is 38.4 Å². The number of amides is 1. The van der Waals surface area contributed by atoms with E-state index in [2.05, 4.69) is 23.2 Å². The highest BCUT2D eigenvalue weighted by atomic mass is 19.1. The number of carbonyl (C=O) groups excluding carboxylic acids is 1. The van der Waals surface area contributed by atoms with Gasteiger partial charge in [0.1, 0.15) is 29.2 Å². The Bertz CT molecular complexity index is 1370. The lowest BCUT2D eigenvalue weighted by Gasteiger charge is -2.36. The quantitative estimate of drug-likeness (QED) is 0.318. The molecule has 4 rings (SSSR count). The van der Waals surface area contributed by atoms with Gasteiger partial charge in [-0.3, -0.25) is 4.79 Å². The van der Waals surface area contributed by atoms with Crippen molar-refractivity contribution in [2.45, 2.75) is 71.2 Å². The van der Waals surface area contributed by atoms with Crippen LogP contribution in [0.25, 0.3) is 0 Å². The van der Waals surface area contributed by atoms with Gasteiger partial charge in [0.05, 0.1) is 38.5 Å². The molecule has 0 bridgehead atoms. The van der Waals surface area contributed by atoms with E-state index in [1.807, 2.05) is 27.7 Å². The Hall–Kier alpha value is -3.31. The predicted molar refractivity (Wildman–Crippen MR) is 157 cm³/mol. The minimum Gasteiger partial charge on any atom is -0.394 e. The average molecular weight is 598 g/mol. The molecule has 8 nitrogen and oxygen atoms in total. The van der Waals surface area contributed by atoms with Crippen LogP contribution in [0, 0.1) is 32.4 Å². The number of aromatic nitrogens is 2. The summed E-state index contributed by atoms with van der Waals surface area (Å²) in [6.07, 6.45) is 1.61. The zero-order valence-electron chi connectivity index (χ0n) is 25.3. The van der Waals surface area contributed by atoms with E-state index in [0.717, 1.165) is 40.1 Å². The summed E-state index contributed by atoms with van der Waals surface area (Å²) >= 11 is 0. The van der Waals surface area contributed by atoms with Crippen LogP contribution in [0.4, 0.5) is 8.78 Å². The molecule has 10 heteroatoms. The highest BCUT2D eigenvalue weighted by Crippen LogP contribution is 2.37.